The third kappa shape index (κ3) is 5.78. The molecule has 5 rings (SSSR count). The Balaban J connectivity index is 1.98. The van der Waals surface area contributed by atoms with Crippen LogP contribution in [0.4, 0.5) is 0 Å². The van der Waals surface area contributed by atoms with Crippen molar-refractivity contribution in [2.24, 2.45) is 0 Å². The Bertz CT molecular complexity index is 1920. The summed E-state index contributed by atoms with van der Waals surface area (Å²) in [6.45, 7) is 1.84. The monoisotopic (exact) mass is 603 g/mol. The molecule has 1 aliphatic heterocycles. The van der Waals surface area contributed by atoms with E-state index < -0.39 is 33.7 Å². The van der Waals surface area contributed by atoms with Crippen LogP contribution in [0.5, 0.6) is 0 Å². The van der Waals surface area contributed by atoms with Crippen LogP contribution in [0, 0.1) is 18.8 Å². The summed E-state index contributed by atoms with van der Waals surface area (Å²) in [5.74, 6) is 4.42. The summed E-state index contributed by atoms with van der Waals surface area (Å²) in [4.78, 5) is 27.4. The van der Waals surface area contributed by atoms with Crippen molar-refractivity contribution in [3.8, 4) is 11.8 Å². The summed E-state index contributed by atoms with van der Waals surface area (Å²) in [7, 11) is -2.21. The van der Waals surface area contributed by atoms with E-state index in [1.54, 1.807) is 66.7 Å². The molecule has 8 heteroatoms. The molecule has 0 amide bonds. The summed E-state index contributed by atoms with van der Waals surface area (Å²) in [6.07, 6.45) is 0. The molecule has 1 unspecified atom stereocenters. The highest BCUT2D eigenvalue weighted by atomic mass is 32.2. The minimum Gasteiger partial charge on any atom is -0.465 e. The van der Waals surface area contributed by atoms with Gasteiger partial charge in [0, 0.05) is 16.7 Å². The largest absolute Gasteiger partial charge is 0.465 e. The number of ether oxygens (including phenoxy) is 2. The summed E-state index contributed by atoms with van der Waals surface area (Å²) < 4.78 is 40.7. The third-order valence-electron chi connectivity index (χ3n) is 7.12. The van der Waals surface area contributed by atoms with Crippen molar-refractivity contribution >= 4 is 27.5 Å². The average Bonchev–Trinajstić information content (AvgIpc) is 3.07. The Morgan fingerprint density at radius 2 is 1.25 bits per heavy atom. The SMILES string of the molecule is COC(=O)C1=C(C(=O)OC)N(S(=O)(=O)c2ccc(C)cc2)C(c2ccccc2)C(C#Cc2ccccc2)=C1c1ccccc1. The third-order valence-corrected chi connectivity index (χ3v) is 8.90. The Hall–Kier alpha value is -5.39. The molecule has 0 radical (unpaired) electrons. The first kappa shape index (κ1) is 30.1. The molecular weight excluding hydrogens is 574 g/mol. The normalized spacial score (nSPS) is 14.9. The van der Waals surface area contributed by atoms with E-state index in [-0.39, 0.29) is 21.6 Å². The zero-order valence-corrected chi connectivity index (χ0v) is 25.2. The molecular formula is C36H29NO6S. The number of sulfonamides is 1. The number of rotatable bonds is 6. The second-order valence-corrected chi connectivity index (χ2v) is 11.7. The highest BCUT2D eigenvalue weighted by molar-refractivity contribution is 7.89. The fourth-order valence-electron chi connectivity index (χ4n) is 5.05. The molecule has 4 aromatic carbocycles. The van der Waals surface area contributed by atoms with E-state index in [0.29, 0.717) is 16.7 Å². The summed E-state index contributed by atoms with van der Waals surface area (Å²) in [5.41, 5.74) is 2.40. The quantitative estimate of drug-likeness (QED) is 0.203. The van der Waals surface area contributed by atoms with Crippen molar-refractivity contribution in [1.82, 2.24) is 4.31 Å². The number of carbonyl (C=O) groups excluding carboxylic acids is 2. The van der Waals surface area contributed by atoms with Crippen LogP contribution >= 0.6 is 0 Å². The molecule has 220 valence electrons. The molecule has 0 aliphatic carbocycles. The Kier molecular flexibility index (Phi) is 8.79. The van der Waals surface area contributed by atoms with Crippen molar-refractivity contribution in [2.45, 2.75) is 17.9 Å². The van der Waals surface area contributed by atoms with Gasteiger partial charge in [0.1, 0.15) is 11.6 Å². The molecule has 0 saturated carbocycles. The highest BCUT2D eigenvalue weighted by Crippen LogP contribution is 2.48. The lowest BCUT2D eigenvalue weighted by Crippen LogP contribution is -2.43. The van der Waals surface area contributed by atoms with Gasteiger partial charge in [0.25, 0.3) is 10.0 Å². The van der Waals surface area contributed by atoms with Crippen LogP contribution in [0.15, 0.2) is 137 Å². The van der Waals surface area contributed by atoms with Crippen molar-refractivity contribution in [1.29, 1.82) is 0 Å². The predicted octanol–water partition coefficient (Wildman–Crippen LogP) is 5.85. The van der Waals surface area contributed by atoms with Gasteiger partial charge in [-0.3, -0.25) is 0 Å². The Labute approximate surface area is 257 Å². The first-order valence-electron chi connectivity index (χ1n) is 13.7. The van der Waals surface area contributed by atoms with Crippen molar-refractivity contribution in [3.05, 3.63) is 154 Å². The maximum Gasteiger partial charge on any atom is 0.356 e. The maximum absolute atomic E-state index is 14.7. The fraction of sp³-hybridized carbons (Fsp3) is 0.111. The Morgan fingerprint density at radius 3 is 1.82 bits per heavy atom. The first-order valence-corrected chi connectivity index (χ1v) is 15.2. The standard InChI is InChI=1S/C36H29NO6S/c1-25-19-22-29(23-20-25)44(40,41)37-33(28-17-11-6-12-18-28)30(24-21-26-13-7-4-8-14-26)31(27-15-9-5-10-16-27)32(35(38)42-2)34(37)36(39)43-3/h4-20,22-23,33H,1-3H3. The topological polar surface area (TPSA) is 90.0 Å². The maximum atomic E-state index is 14.7. The molecule has 4 aromatic rings. The van der Waals surface area contributed by atoms with Crippen molar-refractivity contribution in [3.63, 3.8) is 0 Å². The Morgan fingerprint density at radius 1 is 0.705 bits per heavy atom. The molecule has 0 N–H and O–H groups in total. The van der Waals surface area contributed by atoms with E-state index in [2.05, 4.69) is 11.8 Å². The van der Waals surface area contributed by atoms with Gasteiger partial charge in [-0.25, -0.2) is 22.3 Å². The number of hydrogen-bond acceptors (Lipinski definition) is 6. The van der Waals surface area contributed by atoms with Crippen LogP contribution < -0.4 is 0 Å². The van der Waals surface area contributed by atoms with Crippen LogP contribution in [0.1, 0.15) is 28.3 Å². The van der Waals surface area contributed by atoms with Crippen LogP contribution in [-0.2, 0) is 29.1 Å². The molecule has 0 spiro atoms. The summed E-state index contributed by atoms with van der Waals surface area (Å²) >= 11 is 0. The van der Waals surface area contributed by atoms with Gasteiger partial charge in [-0.15, -0.1) is 0 Å². The molecule has 7 nitrogen and oxygen atoms in total. The second-order valence-electron chi connectivity index (χ2n) is 9.90. The van der Waals surface area contributed by atoms with Gasteiger partial charge >= 0.3 is 11.9 Å². The molecule has 0 aromatic heterocycles. The van der Waals surface area contributed by atoms with Gasteiger partial charge in [-0.05, 0) is 42.3 Å². The van der Waals surface area contributed by atoms with Crippen molar-refractivity contribution in [2.75, 3.05) is 14.2 Å². The number of methoxy groups -OCH3 is 2. The predicted molar refractivity (Wildman–Crippen MR) is 167 cm³/mol. The van der Waals surface area contributed by atoms with Gasteiger partial charge in [-0.2, -0.15) is 0 Å². The lowest BCUT2D eigenvalue weighted by Gasteiger charge is -2.39. The van der Waals surface area contributed by atoms with Gasteiger partial charge in [0.05, 0.1) is 19.1 Å². The first-order chi connectivity index (χ1) is 21.3. The van der Waals surface area contributed by atoms with E-state index >= 15 is 0 Å². The van der Waals surface area contributed by atoms with Crippen LogP contribution in [0.25, 0.3) is 5.57 Å². The van der Waals surface area contributed by atoms with Gasteiger partial charge in [-0.1, -0.05) is 108 Å². The van der Waals surface area contributed by atoms with E-state index in [1.165, 1.54) is 19.2 Å². The fourth-order valence-corrected chi connectivity index (χ4v) is 6.67. The minimum absolute atomic E-state index is 0.0758. The van der Waals surface area contributed by atoms with Gasteiger partial charge in [0.15, 0.2) is 5.70 Å². The summed E-state index contributed by atoms with van der Waals surface area (Å²) in [6, 6.07) is 32.1. The molecule has 44 heavy (non-hydrogen) atoms. The summed E-state index contributed by atoms with van der Waals surface area (Å²) in [5, 5.41) is 0. The van der Waals surface area contributed by atoms with Gasteiger partial charge in [0.2, 0.25) is 0 Å². The van der Waals surface area contributed by atoms with E-state index in [1.807, 2.05) is 43.3 Å². The lowest BCUT2D eigenvalue weighted by molar-refractivity contribution is -0.140. The van der Waals surface area contributed by atoms with E-state index in [0.717, 1.165) is 17.0 Å². The van der Waals surface area contributed by atoms with Crippen molar-refractivity contribution < 1.29 is 27.5 Å². The van der Waals surface area contributed by atoms with Crippen LogP contribution in [0.3, 0.4) is 0 Å². The van der Waals surface area contributed by atoms with E-state index in [4.69, 9.17) is 9.47 Å². The number of carbonyl (C=O) groups is 2. The molecule has 0 bridgehead atoms. The molecule has 1 atom stereocenters. The zero-order valence-electron chi connectivity index (χ0n) is 24.4. The zero-order chi connectivity index (χ0) is 31.3. The number of esters is 2. The minimum atomic E-state index is -4.51. The molecule has 1 aliphatic rings. The van der Waals surface area contributed by atoms with Crippen LogP contribution in [0.2, 0.25) is 0 Å². The van der Waals surface area contributed by atoms with Crippen LogP contribution in [-0.4, -0.2) is 38.9 Å². The highest BCUT2D eigenvalue weighted by Gasteiger charge is 2.47. The molecule has 1 heterocycles. The average molecular weight is 604 g/mol. The molecule has 0 fully saturated rings. The van der Waals surface area contributed by atoms with E-state index in [9.17, 15) is 18.0 Å². The number of hydrogen-bond donors (Lipinski definition) is 0. The smallest absolute Gasteiger partial charge is 0.356 e. The number of nitrogens with zero attached hydrogens (tertiary/aromatic N) is 1. The van der Waals surface area contributed by atoms with Gasteiger partial charge < -0.3 is 9.47 Å². The number of aryl methyl sites for hydroxylation is 1. The molecule has 0 saturated heterocycles. The lowest BCUT2D eigenvalue weighted by atomic mass is 9.82. The second kappa shape index (κ2) is 12.9. The number of benzene rings is 4.